The van der Waals surface area contributed by atoms with Gasteiger partial charge in [-0.15, -0.1) is 0 Å². The zero-order valence-electron chi connectivity index (χ0n) is 14.7. The Bertz CT molecular complexity index is 767. The number of likely N-dealkylation sites (N-methyl/N-ethyl adjacent to an activating group) is 1. The Morgan fingerprint density at radius 2 is 1.73 bits per heavy atom. The van der Waals surface area contributed by atoms with Crippen molar-refractivity contribution in [2.45, 2.75) is 6.04 Å². The quantitative estimate of drug-likeness (QED) is 0.669. The van der Waals surface area contributed by atoms with E-state index in [-0.39, 0.29) is 24.4 Å². The fourth-order valence-corrected chi connectivity index (χ4v) is 2.79. The maximum atomic E-state index is 12.3. The van der Waals surface area contributed by atoms with E-state index in [2.05, 4.69) is 10.6 Å². The second kappa shape index (κ2) is 9.57. The second-order valence-corrected chi connectivity index (χ2v) is 7.07. The van der Waals surface area contributed by atoms with Crippen molar-refractivity contribution in [3.05, 3.63) is 69.7 Å². The first-order valence-electron chi connectivity index (χ1n) is 8.23. The van der Waals surface area contributed by atoms with Gasteiger partial charge in [0.05, 0.1) is 30.7 Å². The average molecular weight is 395 g/mol. The molecule has 2 rings (SSSR count). The van der Waals surface area contributed by atoms with Crippen LogP contribution >= 0.6 is 23.2 Å². The van der Waals surface area contributed by atoms with Gasteiger partial charge in [0.15, 0.2) is 0 Å². The first-order chi connectivity index (χ1) is 12.4. The van der Waals surface area contributed by atoms with Crippen LogP contribution in [0.15, 0.2) is 48.5 Å². The Labute approximate surface area is 163 Å². The molecule has 26 heavy (non-hydrogen) atoms. The molecule has 0 aliphatic rings. The van der Waals surface area contributed by atoms with E-state index in [1.165, 1.54) is 11.0 Å². The van der Waals surface area contributed by atoms with Gasteiger partial charge < -0.3 is 15.5 Å². The molecular weight excluding hydrogens is 373 g/mol. The van der Waals surface area contributed by atoms with Crippen LogP contribution in [0.2, 0.25) is 10.0 Å². The minimum absolute atomic E-state index is 0.120. The Hall–Kier alpha value is -2.08. The number of carbonyl (C=O) groups is 2. The van der Waals surface area contributed by atoms with Crippen molar-refractivity contribution in [2.75, 3.05) is 27.2 Å². The first-order valence-corrected chi connectivity index (χ1v) is 8.99. The molecule has 2 aromatic carbocycles. The molecule has 7 heteroatoms. The van der Waals surface area contributed by atoms with Crippen LogP contribution < -0.4 is 15.5 Å². The smallest absolute Gasteiger partial charge is 0.251 e. The number of quaternary nitrogens is 1. The molecule has 0 aliphatic heterocycles. The van der Waals surface area contributed by atoms with Crippen LogP contribution in [0.3, 0.4) is 0 Å². The maximum Gasteiger partial charge on any atom is 0.251 e. The number of amides is 2. The largest absolute Gasteiger partial charge is 0.343 e. The van der Waals surface area contributed by atoms with E-state index in [1.54, 1.807) is 12.1 Å². The first kappa shape index (κ1) is 20.2. The maximum absolute atomic E-state index is 12.3. The van der Waals surface area contributed by atoms with Gasteiger partial charge in [0, 0.05) is 5.56 Å². The third-order valence-electron chi connectivity index (χ3n) is 3.74. The molecule has 0 aliphatic carbocycles. The van der Waals surface area contributed by atoms with Crippen molar-refractivity contribution < 1.29 is 14.5 Å². The van der Waals surface area contributed by atoms with Crippen LogP contribution in [-0.2, 0) is 4.79 Å². The summed E-state index contributed by atoms with van der Waals surface area (Å²) in [4.78, 5) is 25.6. The zero-order chi connectivity index (χ0) is 19.1. The highest BCUT2D eigenvalue weighted by Crippen LogP contribution is 2.22. The molecule has 1 atom stereocenters. The van der Waals surface area contributed by atoms with E-state index in [4.69, 9.17) is 23.2 Å². The van der Waals surface area contributed by atoms with Crippen molar-refractivity contribution in [1.82, 2.24) is 10.6 Å². The van der Waals surface area contributed by atoms with Gasteiger partial charge in [-0.2, -0.15) is 0 Å². The highest BCUT2D eigenvalue weighted by Gasteiger charge is 2.18. The zero-order valence-corrected chi connectivity index (χ0v) is 16.2. The molecule has 0 fully saturated rings. The predicted octanol–water partition coefficient (Wildman–Crippen LogP) is 1.73. The van der Waals surface area contributed by atoms with Crippen molar-refractivity contribution in [3.8, 4) is 0 Å². The fraction of sp³-hybridized carbons (Fsp3) is 0.263. The van der Waals surface area contributed by atoms with Gasteiger partial charge in [-0.1, -0.05) is 53.5 Å². The Morgan fingerprint density at radius 3 is 2.35 bits per heavy atom. The van der Waals surface area contributed by atoms with Crippen LogP contribution in [-0.4, -0.2) is 39.0 Å². The summed E-state index contributed by atoms with van der Waals surface area (Å²) in [5.74, 6) is -0.637. The lowest BCUT2D eigenvalue weighted by Gasteiger charge is -2.21. The van der Waals surface area contributed by atoms with Gasteiger partial charge in [0.1, 0.15) is 12.6 Å². The van der Waals surface area contributed by atoms with Crippen molar-refractivity contribution >= 4 is 35.0 Å². The molecule has 0 unspecified atom stereocenters. The number of halogens is 2. The summed E-state index contributed by atoms with van der Waals surface area (Å²) in [7, 11) is 4.04. The Balaban J connectivity index is 1.95. The normalized spacial score (nSPS) is 11.9. The molecule has 0 aromatic heterocycles. The van der Waals surface area contributed by atoms with E-state index in [0.717, 1.165) is 12.1 Å². The topological polar surface area (TPSA) is 62.6 Å². The highest BCUT2D eigenvalue weighted by molar-refractivity contribution is 6.42. The van der Waals surface area contributed by atoms with E-state index in [0.29, 0.717) is 15.6 Å². The lowest BCUT2D eigenvalue weighted by molar-refractivity contribution is -0.860. The number of benzene rings is 2. The van der Waals surface area contributed by atoms with Gasteiger partial charge >= 0.3 is 0 Å². The summed E-state index contributed by atoms with van der Waals surface area (Å²) in [5, 5.41) is 6.23. The molecule has 0 saturated heterocycles. The predicted molar refractivity (Wildman–Crippen MR) is 104 cm³/mol. The number of rotatable bonds is 7. The minimum atomic E-state index is -0.381. The van der Waals surface area contributed by atoms with Crippen LogP contribution in [0.25, 0.3) is 0 Å². The summed E-state index contributed by atoms with van der Waals surface area (Å²) < 4.78 is 0. The number of hydrogen-bond donors (Lipinski definition) is 3. The summed E-state index contributed by atoms with van der Waals surface area (Å²) in [6.07, 6.45) is 0. The standard InChI is InChI=1S/C19H21Cl2N3O2/c1-24(2)12-17(13-6-4-3-5-7-13)23-18(25)11-22-19(26)14-8-9-15(20)16(21)10-14/h3-10,17H,11-12H2,1-2H3,(H,22,26)(H,23,25)/p+1/t17-/m1/s1. The second-order valence-electron chi connectivity index (χ2n) is 6.25. The third kappa shape index (κ3) is 6.02. The molecule has 0 saturated carbocycles. The number of hydrogen-bond acceptors (Lipinski definition) is 2. The molecule has 138 valence electrons. The van der Waals surface area contributed by atoms with Crippen molar-refractivity contribution in [3.63, 3.8) is 0 Å². The van der Waals surface area contributed by atoms with E-state index < -0.39 is 0 Å². The van der Waals surface area contributed by atoms with Gasteiger partial charge in [0.2, 0.25) is 5.91 Å². The minimum Gasteiger partial charge on any atom is -0.343 e. The van der Waals surface area contributed by atoms with Crippen LogP contribution in [0.4, 0.5) is 0 Å². The molecular formula is C19H22Cl2N3O2+. The number of carbonyl (C=O) groups excluding carboxylic acids is 2. The van der Waals surface area contributed by atoms with E-state index in [1.807, 2.05) is 44.4 Å². The SMILES string of the molecule is C[NH+](C)C[C@@H](NC(=O)CNC(=O)c1ccc(Cl)c(Cl)c1)c1ccccc1. The monoisotopic (exact) mass is 394 g/mol. The Kier molecular flexibility index (Phi) is 7.45. The van der Waals surface area contributed by atoms with Gasteiger partial charge in [-0.05, 0) is 23.8 Å². The molecule has 3 N–H and O–H groups in total. The molecule has 2 amide bonds. The van der Waals surface area contributed by atoms with Gasteiger partial charge in [-0.3, -0.25) is 9.59 Å². The van der Waals surface area contributed by atoms with Crippen LogP contribution in [0.5, 0.6) is 0 Å². The van der Waals surface area contributed by atoms with E-state index >= 15 is 0 Å². The lowest BCUT2D eigenvalue weighted by atomic mass is 10.1. The van der Waals surface area contributed by atoms with Crippen molar-refractivity contribution in [1.29, 1.82) is 0 Å². The van der Waals surface area contributed by atoms with Gasteiger partial charge in [0.25, 0.3) is 5.91 Å². The highest BCUT2D eigenvalue weighted by atomic mass is 35.5. The summed E-state index contributed by atoms with van der Waals surface area (Å²) in [6.45, 7) is 0.613. The summed E-state index contributed by atoms with van der Waals surface area (Å²) in [5.41, 5.74) is 1.38. The summed E-state index contributed by atoms with van der Waals surface area (Å²) >= 11 is 11.8. The summed E-state index contributed by atoms with van der Waals surface area (Å²) in [6, 6.07) is 14.2. The van der Waals surface area contributed by atoms with Crippen LogP contribution in [0, 0.1) is 0 Å². The van der Waals surface area contributed by atoms with Crippen LogP contribution in [0.1, 0.15) is 22.0 Å². The molecule has 0 spiro atoms. The Morgan fingerprint density at radius 1 is 1.04 bits per heavy atom. The molecule has 0 heterocycles. The van der Waals surface area contributed by atoms with E-state index in [9.17, 15) is 9.59 Å². The van der Waals surface area contributed by atoms with Crippen molar-refractivity contribution in [2.24, 2.45) is 0 Å². The van der Waals surface area contributed by atoms with Gasteiger partial charge in [-0.25, -0.2) is 0 Å². The molecule has 5 nitrogen and oxygen atoms in total. The number of nitrogens with one attached hydrogen (secondary N) is 3. The average Bonchev–Trinajstić information content (AvgIpc) is 2.62. The molecule has 0 bridgehead atoms. The molecule has 0 radical (unpaired) electrons. The third-order valence-corrected chi connectivity index (χ3v) is 4.48. The lowest BCUT2D eigenvalue weighted by Crippen LogP contribution is -3.06. The fourth-order valence-electron chi connectivity index (χ4n) is 2.49. The molecule has 2 aromatic rings.